The Labute approximate surface area is 164 Å². The summed E-state index contributed by atoms with van der Waals surface area (Å²) in [7, 11) is -0.833. The van der Waals surface area contributed by atoms with E-state index in [9.17, 15) is 17.6 Å². The fourth-order valence-corrected chi connectivity index (χ4v) is 3.38. The first-order valence-electron chi connectivity index (χ1n) is 7.84. The number of nitrogens with zero attached hydrogens (tertiary/aromatic N) is 4. The van der Waals surface area contributed by atoms with Crippen molar-refractivity contribution in [3.05, 3.63) is 47.2 Å². The fourth-order valence-electron chi connectivity index (χ4n) is 2.24. The summed E-state index contributed by atoms with van der Waals surface area (Å²) < 4.78 is 38.7. The van der Waals surface area contributed by atoms with Gasteiger partial charge in [-0.2, -0.15) is 0 Å². The third kappa shape index (κ3) is 4.06. The Bertz CT molecular complexity index is 1150. The van der Waals surface area contributed by atoms with Crippen molar-refractivity contribution in [1.29, 1.82) is 0 Å². The Kier molecular flexibility index (Phi) is 5.49. The van der Waals surface area contributed by atoms with Crippen LogP contribution in [0.3, 0.4) is 0 Å². The van der Waals surface area contributed by atoms with Gasteiger partial charge in [-0.1, -0.05) is 16.4 Å². The quantitative estimate of drug-likeness (QED) is 0.639. The highest BCUT2D eigenvalue weighted by Gasteiger charge is 2.19. The Morgan fingerprint density at radius 3 is 2.71 bits per heavy atom. The van der Waals surface area contributed by atoms with Crippen LogP contribution in [0.1, 0.15) is 0 Å². The van der Waals surface area contributed by atoms with E-state index in [1.807, 2.05) is 0 Å². The molecule has 0 unspecified atom stereocenters. The van der Waals surface area contributed by atoms with Crippen molar-refractivity contribution in [3.8, 4) is 0 Å². The monoisotopic (exact) mass is 427 g/mol. The molecule has 0 saturated heterocycles. The number of benzene rings is 2. The van der Waals surface area contributed by atoms with Crippen LogP contribution in [0.15, 0.2) is 41.3 Å². The van der Waals surface area contributed by atoms with Gasteiger partial charge in [0.15, 0.2) is 6.61 Å². The Morgan fingerprint density at radius 2 is 2.04 bits per heavy atom. The van der Waals surface area contributed by atoms with Crippen molar-refractivity contribution in [1.82, 2.24) is 19.5 Å². The molecular weight excluding hydrogens is 413 g/mol. The van der Waals surface area contributed by atoms with Gasteiger partial charge in [-0.25, -0.2) is 17.1 Å². The Balaban J connectivity index is 1.76. The number of nitrogens with one attached hydrogen (secondary N) is 1. The zero-order chi connectivity index (χ0) is 20.5. The average Bonchev–Trinajstić information content (AvgIpc) is 3.04. The number of halogens is 2. The number of aromatic nitrogens is 3. The summed E-state index contributed by atoms with van der Waals surface area (Å²) in [6, 6.07) is 7.77. The van der Waals surface area contributed by atoms with Crippen LogP contribution >= 0.6 is 11.6 Å². The Hall–Kier alpha value is -2.76. The average molecular weight is 428 g/mol. The summed E-state index contributed by atoms with van der Waals surface area (Å²) in [5.41, 5.74) is 0.884. The van der Waals surface area contributed by atoms with E-state index < -0.39 is 28.4 Å². The molecule has 3 aromatic rings. The van der Waals surface area contributed by atoms with Crippen LogP contribution in [0.2, 0.25) is 5.02 Å². The molecule has 2 aromatic carbocycles. The van der Waals surface area contributed by atoms with Gasteiger partial charge in [-0.05, 0) is 41.6 Å². The molecule has 3 rings (SSSR count). The third-order valence-electron chi connectivity index (χ3n) is 3.69. The smallest absolute Gasteiger partial charge is 0.265 e. The van der Waals surface area contributed by atoms with E-state index in [1.54, 1.807) is 0 Å². The molecule has 0 saturated carbocycles. The molecule has 9 nitrogen and oxygen atoms in total. The highest BCUT2D eigenvalue weighted by Crippen LogP contribution is 2.22. The van der Waals surface area contributed by atoms with Gasteiger partial charge in [-0.3, -0.25) is 4.79 Å². The number of hydrogen-bond donors (Lipinski definition) is 1. The lowest BCUT2D eigenvalue weighted by Crippen LogP contribution is -2.26. The van der Waals surface area contributed by atoms with Gasteiger partial charge in [-0.15, -0.1) is 5.10 Å². The van der Waals surface area contributed by atoms with E-state index in [-0.39, 0.29) is 21.1 Å². The lowest BCUT2D eigenvalue weighted by Gasteiger charge is -2.11. The summed E-state index contributed by atoms with van der Waals surface area (Å²) in [4.78, 5) is 18.3. The summed E-state index contributed by atoms with van der Waals surface area (Å²) >= 11 is 5.85. The maximum atomic E-state index is 13.0. The van der Waals surface area contributed by atoms with Crippen LogP contribution in [0, 0.1) is 5.82 Å². The highest BCUT2D eigenvalue weighted by molar-refractivity contribution is 7.89. The molecule has 0 aliphatic rings. The first-order chi connectivity index (χ1) is 13.2. The van der Waals surface area contributed by atoms with Gasteiger partial charge in [0.05, 0.1) is 15.6 Å². The molecule has 0 spiro atoms. The second-order valence-electron chi connectivity index (χ2n) is 5.85. The maximum absolute atomic E-state index is 13.0. The SMILES string of the molecule is CN(C)S(=O)(=O)c1ccc2nnn(OCC(=O)Nc3ccc(F)cc3Cl)c2c1. The van der Waals surface area contributed by atoms with Crippen LogP contribution < -0.4 is 10.2 Å². The van der Waals surface area contributed by atoms with E-state index >= 15 is 0 Å². The molecular formula is C16H15ClFN5O4S. The van der Waals surface area contributed by atoms with Crippen molar-refractivity contribution in [3.63, 3.8) is 0 Å². The molecule has 12 heteroatoms. The molecule has 1 N–H and O–H groups in total. The van der Waals surface area contributed by atoms with Crippen LogP contribution in [0.25, 0.3) is 11.0 Å². The molecule has 1 aromatic heterocycles. The van der Waals surface area contributed by atoms with E-state index in [0.29, 0.717) is 5.52 Å². The number of amides is 1. The van der Waals surface area contributed by atoms with Gasteiger partial charge in [0.25, 0.3) is 5.91 Å². The van der Waals surface area contributed by atoms with Crippen molar-refractivity contribution in [2.75, 3.05) is 26.0 Å². The number of fused-ring (bicyclic) bond motifs is 1. The van der Waals surface area contributed by atoms with E-state index in [1.165, 1.54) is 38.4 Å². The zero-order valence-electron chi connectivity index (χ0n) is 14.8. The molecule has 1 amide bonds. The molecule has 0 aliphatic heterocycles. The number of anilines is 1. The zero-order valence-corrected chi connectivity index (χ0v) is 16.3. The number of carbonyl (C=O) groups is 1. The molecule has 1 heterocycles. The third-order valence-corrected chi connectivity index (χ3v) is 5.81. The summed E-state index contributed by atoms with van der Waals surface area (Å²) in [6.07, 6.45) is 0. The maximum Gasteiger partial charge on any atom is 0.265 e. The van der Waals surface area contributed by atoms with Crippen molar-refractivity contribution in [2.24, 2.45) is 0 Å². The van der Waals surface area contributed by atoms with Crippen molar-refractivity contribution >= 4 is 44.3 Å². The summed E-state index contributed by atoms with van der Waals surface area (Å²) in [5.74, 6) is -1.11. The molecule has 0 bridgehead atoms. The van der Waals surface area contributed by atoms with E-state index in [2.05, 4.69) is 15.6 Å². The molecule has 0 atom stereocenters. The number of sulfonamides is 1. The normalized spacial score (nSPS) is 11.8. The van der Waals surface area contributed by atoms with Gasteiger partial charge >= 0.3 is 0 Å². The minimum atomic E-state index is -3.66. The largest absolute Gasteiger partial charge is 0.385 e. The van der Waals surface area contributed by atoms with Crippen LogP contribution in [0.5, 0.6) is 0 Å². The van der Waals surface area contributed by atoms with E-state index in [0.717, 1.165) is 21.3 Å². The number of hydrogen-bond acceptors (Lipinski definition) is 6. The predicted molar refractivity (Wildman–Crippen MR) is 99.9 cm³/mol. The summed E-state index contributed by atoms with van der Waals surface area (Å²) in [6.45, 7) is -0.461. The van der Waals surface area contributed by atoms with Gasteiger partial charge in [0.2, 0.25) is 10.0 Å². The molecule has 0 aliphatic carbocycles. The molecule has 148 valence electrons. The first-order valence-corrected chi connectivity index (χ1v) is 9.66. The predicted octanol–water partition coefficient (Wildman–Crippen LogP) is 1.54. The lowest BCUT2D eigenvalue weighted by molar-refractivity contribution is -0.121. The van der Waals surface area contributed by atoms with Crippen LogP contribution in [-0.4, -0.2) is 54.5 Å². The Morgan fingerprint density at radius 1 is 1.29 bits per heavy atom. The molecule has 28 heavy (non-hydrogen) atoms. The van der Waals surface area contributed by atoms with Gasteiger partial charge < -0.3 is 10.2 Å². The van der Waals surface area contributed by atoms with Crippen LogP contribution in [0.4, 0.5) is 10.1 Å². The van der Waals surface area contributed by atoms with Gasteiger partial charge in [0, 0.05) is 14.1 Å². The van der Waals surface area contributed by atoms with Crippen LogP contribution in [-0.2, 0) is 14.8 Å². The van der Waals surface area contributed by atoms with Gasteiger partial charge in [0.1, 0.15) is 16.9 Å². The standard InChI is InChI=1S/C16H15ClFN5O4S/c1-22(2)28(25,26)11-4-6-14-15(8-11)23(21-20-14)27-9-16(24)19-13-5-3-10(18)7-12(13)17/h3-8H,9H2,1-2H3,(H,19,24). The van der Waals surface area contributed by atoms with Crippen molar-refractivity contribution < 1.29 is 22.4 Å². The first kappa shape index (κ1) is 20.0. The minimum Gasteiger partial charge on any atom is -0.385 e. The molecule has 0 fully saturated rings. The topological polar surface area (TPSA) is 106 Å². The van der Waals surface area contributed by atoms with Crippen molar-refractivity contribution in [2.45, 2.75) is 4.90 Å². The highest BCUT2D eigenvalue weighted by atomic mass is 35.5. The molecule has 0 radical (unpaired) electrons. The number of carbonyl (C=O) groups excluding carboxylic acids is 1. The fraction of sp³-hybridized carbons (Fsp3) is 0.188. The number of rotatable bonds is 6. The minimum absolute atomic E-state index is 0.0275. The van der Waals surface area contributed by atoms with E-state index in [4.69, 9.17) is 16.4 Å². The lowest BCUT2D eigenvalue weighted by atomic mass is 10.3. The second kappa shape index (κ2) is 7.70. The summed E-state index contributed by atoms with van der Waals surface area (Å²) in [5, 5.41) is 10.1. The second-order valence-corrected chi connectivity index (χ2v) is 8.41.